The molecule has 0 atom stereocenters. The molecular weight excluding hydrogens is 438 g/mol. The van der Waals surface area contributed by atoms with Gasteiger partial charge in [0.05, 0.1) is 21.3 Å². The number of pyridine rings is 1. The van der Waals surface area contributed by atoms with Crippen LogP contribution in [0.15, 0.2) is 47.5 Å². The molecule has 0 saturated heterocycles. The van der Waals surface area contributed by atoms with E-state index < -0.39 is 55.3 Å². The molecule has 0 spiro atoms. The lowest BCUT2D eigenvalue weighted by Crippen LogP contribution is -2.42. The summed E-state index contributed by atoms with van der Waals surface area (Å²) in [6.45, 7) is 0. The monoisotopic (exact) mass is 452 g/mol. The van der Waals surface area contributed by atoms with Gasteiger partial charge < -0.3 is 5.32 Å². The molecule has 1 saturated carbocycles. The van der Waals surface area contributed by atoms with Crippen molar-refractivity contribution < 1.29 is 39.6 Å². The van der Waals surface area contributed by atoms with Crippen molar-refractivity contribution in [3.05, 3.63) is 53.7 Å². The fourth-order valence-corrected chi connectivity index (χ4v) is 4.85. The summed E-state index contributed by atoms with van der Waals surface area (Å²) in [4.78, 5) is 15.2. The summed E-state index contributed by atoms with van der Waals surface area (Å²) in [7, 11) is -4.07. The second-order valence-corrected chi connectivity index (χ2v) is 9.01. The first-order chi connectivity index (χ1) is 13.8. The molecule has 30 heavy (non-hydrogen) atoms. The van der Waals surface area contributed by atoms with Gasteiger partial charge in [0.1, 0.15) is 5.82 Å². The Labute approximate surface area is 167 Å². The maximum atomic E-state index is 12.8. The summed E-state index contributed by atoms with van der Waals surface area (Å²) >= 11 is 0. The zero-order chi connectivity index (χ0) is 22.3. The van der Waals surface area contributed by atoms with Crippen molar-refractivity contribution in [2.45, 2.75) is 35.3 Å². The lowest BCUT2D eigenvalue weighted by Gasteiger charge is -2.33. The van der Waals surface area contributed by atoms with E-state index in [-0.39, 0.29) is 18.7 Å². The molecule has 1 aliphatic carbocycles. The number of hydrogen-bond donors (Lipinski definition) is 1. The number of amides is 1. The Bertz CT molecular complexity index is 1040. The van der Waals surface area contributed by atoms with Gasteiger partial charge in [-0.15, -0.1) is 0 Å². The summed E-state index contributed by atoms with van der Waals surface area (Å²) in [6.07, 6.45) is -8.95. The van der Waals surface area contributed by atoms with Crippen LogP contribution >= 0.6 is 0 Å². The number of nitrogens with zero attached hydrogens (tertiary/aromatic N) is 1. The Morgan fingerprint density at radius 1 is 0.967 bits per heavy atom. The Morgan fingerprint density at radius 3 is 2.13 bits per heavy atom. The SMILES string of the molecule is O=C(Nc1ccc(C(F)(F)F)cn1)C1CC(S(=O)(=O)c2cccc(C(F)(F)F)c2)C1. The van der Waals surface area contributed by atoms with Crippen molar-refractivity contribution in [3.8, 4) is 0 Å². The van der Waals surface area contributed by atoms with E-state index in [9.17, 15) is 39.6 Å². The Kier molecular flexibility index (Phi) is 5.56. The summed E-state index contributed by atoms with van der Waals surface area (Å²) in [6, 6.07) is 5.07. The van der Waals surface area contributed by atoms with Gasteiger partial charge in [-0.3, -0.25) is 4.79 Å². The van der Waals surface area contributed by atoms with Crippen molar-refractivity contribution in [3.63, 3.8) is 0 Å². The lowest BCUT2D eigenvalue weighted by atomic mass is 9.84. The summed E-state index contributed by atoms with van der Waals surface area (Å²) in [5.41, 5.74) is -2.08. The third-order valence-electron chi connectivity index (χ3n) is 4.74. The molecule has 1 aliphatic rings. The third-order valence-corrected chi connectivity index (χ3v) is 6.91. The number of carbonyl (C=O) groups excluding carboxylic acids is 1. The number of benzene rings is 1. The topological polar surface area (TPSA) is 76.1 Å². The molecule has 1 fully saturated rings. The normalized spacial score (nSPS) is 19.8. The number of nitrogens with one attached hydrogen (secondary N) is 1. The predicted octanol–water partition coefficient (Wildman–Crippen LogP) is 4.31. The van der Waals surface area contributed by atoms with Gasteiger partial charge in [-0.1, -0.05) is 6.07 Å². The van der Waals surface area contributed by atoms with E-state index in [1.807, 2.05) is 0 Å². The highest BCUT2D eigenvalue weighted by Crippen LogP contribution is 2.38. The molecule has 0 bridgehead atoms. The maximum absolute atomic E-state index is 12.8. The van der Waals surface area contributed by atoms with Crippen LogP contribution in [-0.4, -0.2) is 24.6 Å². The molecule has 1 amide bonds. The number of sulfone groups is 1. The van der Waals surface area contributed by atoms with Crippen LogP contribution in [0.1, 0.15) is 24.0 Å². The summed E-state index contributed by atoms with van der Waals surface area (Å²) < 4.78 is 101. The standard InChI is InChI=1S/C18H14F6N2O3S/c19-17(20,21)11-2-1-3-13(8-11)30(28,29)14-6-10(7-14)16(27)26-15-5-4-12(9-25-15)18(22,23)24/h1-5,8-10,14H,6-7H2,(H,25,26,27). The van der Waals surface area contributed by atoms with Crippen molar-refractivity contribution in [2.24, 2.45) is 5.92 Å². The number of alkyl halides is 6. The van der Waals surface area contributed by atoms with E-state index in [4.69, 9.17) is 0 Å². The minimum Gasteiger partial charge on any atom is -0.310 e. The van der Waals surface area contributed by atoms with Gasteiger partial charge in [-0.05, 0) is 43.2 Å². The van der Waals surface area contributed by atoms with Gasteiger partial charge in [0, 0.05) is 12.1 Å². The molecular formula is C18H14F6N2O3S. The van der Waals surface area contributed by atoms with Crippen molar-refractivity contribution in [1.82, 2.24) is 4.98 Å². The van der Waals surface area contributed by atoms with Crippen LogP contribution in [0.25, 0.3) is 0 Å². The fourth-order valence-electron chi connectivity index (χ4n) is 2.94. The van der Waals surface area contributed by atoms with Crippen molar-refractivity contribution >= 4 is 21.6 Å². The first-order valence-corrected chi connectivity index (χ1v) is 10.1. The van der Waals surface area contributed by atoms with Crippen LogP contribution in [0.5, 0.6) is 0 Å². The molecule has 3 rings (SSSR count). The van der Waals surface area contributed by atoms with Gasteiger partial charge in [-0.25, -0.2) is 13.4 Å². The number of hydrogen-bond acceptors (Lipinski definition) is 4. The first-order valence-electron chi connectivity index (χ1n) is 8.54. The highest BCUT2D eigenvalue weighted by atomic mass is 32.2. The fraction of sp³-hybridized carbons (Fsp3) is 0.333. The van der Waals surface area contributed by atoms with Gasteiger partial charge >= 0.3 is 12.4 Å². The van der Waals surface area contributed by atoms with E-state index in [2.05, 4.69) is 10.3 Å². The molecule has 0 aliphatic heterocycles. The third kappa shape index (κ3) is 4.58. The molecule has 12 heteroatoms. The molecule has 1 N–H and O–H groups in total. The van der Waals surface area contributed by atoms with E-state index >= 15 is 0 Å². The first kappa shape index (κ1) is 22.1. The quantitative estimate of drug-likeness (QED) is 0.702. The minimum absolute atomic E-state index is 0.120. The number of rotatable bonds is 4. The van der Waals surface area contributed by atoms with Crippen LogP contribution in [-0.2, 0) is 27.0 Å². The number of anilines is 1. The average molecular weight is 452 g/mol. The Hall–Kier alpha value is -2.63. The molecule has 2 aromatic rings. The summed E-state index contributed by atoms with van der Waals surface area (Å²) in [5, 5.41) is 1.27. The predicted molar refractivity (Wildman–Crippen MR) is 93.0 cm³/mol. The van der Waals surface area contributed by atoms with E-state index in [1.165, 1.54) is 0 Å². The Morgan fingerprint density at radius 2 is 1.60 bits per heavy atom. The van der Waals surface area contributed by atoms with Crippen LogP contribution in [0.2, 0.25) is 0 Å². The van der Waals surface area contributed by atoms with Gasteiger partial charge in [0.2, 0.25) is 5.91 Å². The van der Waals surface area contributed by atoms with Crippen LogP contribution in [0.4, 0.5) is 32.2 Å². The molecule has 162 valence electrons. The molecule has 1 aromatic carbocycles. The van der Waals surface area contributed by atoms with E-state index in [1.54, 1.807) is 0 Å². The molecule has 1 heterocycles. The van der Waals surface area contributed by atoms with E-state index in [0.29, 0.717) is 12.3 Å². The molecule has 0 radical (unpaired) electrons. The second kappa shape index (κ2) is 7.56. The number of carbonyl (C=O) groups is 1. The zero-order valence-electron chi connectivity index (χ0n) is 15.0. The number of aromatic nitrogens is 1. The molecule has 0 unspecified atom stereocenters. The smallest absolute Gasteiger partial charge is 0.310 e. The maximum Gasteiger partial charge on any atom is 0.417 e. The van der Waals surface area contributed by atoms with Crippen molar-refractivity contribution in [2.75, 3.05) is 5.32 Å². The average Bonchev–Trinajstić information content (AvgIpc) is 2.59. The zero-order valence-corrected chi connectivity index (χ0v) is 15.8. The van der Waals surface area contributed by atoms with Gasteiger partial charge in [0.15, 0.2) is 9.84 Å². The van der Waals surface area contributed by atoms with Crippen LogP contribution in [0, 0.1) is 5.92 Å². The van der Waals surface area contributed by atoms with E-state index in [0.717, 1.165) is 30.3 Å². The largest absolute Gasteiger partial charge is 0.417 e. The lowest BCUT2D eigenvalue weighted by molar-refractivity contribution is -0.138. The minimum atomic E-state index is -4.69. The van der Waals surface area contributed by atoms with Crippen molar-refractivity contribution in [1.29, 1.82) is 0 Å². The molecule has 5 nitrogen and oxygen atoms in total. The summed E-state index contributed by atoms with van der Waals surface area (Å²) in [5.74, 6) is -1.50. The number of halogens is 6. The Balaban J connectivity index is 1.63. The second-order valence-electron chi connectivity index (χ2n) is 6.78. The highest BCUT2D eigenvalue weighted by Gasteiger charge is 2.43. The van der Waals surface area contributed by atoms with Gasteiger partial charge in [-0.2, -0.15) is 26.3 Å². The van der Waals surface area contributed by atoms with Gasteiger partial charge in [0.25, 0.3) is 0 Å². The van der Waals surface area contributed by atoms with Crippen LogP contribution in [0.3, 0.4) is 0 Å². The molecule has 1 aromatic heterocycles. The highest BCUT2D eigenvalue weighted by molar-refractivity contribution is 7.92. The van der Waals surface area contributed by atoms with Crippen LogP contribution < -0.4 is 5.32 Å².